The smallest absolute Gasteiger partial charge is 0.164 e. The summed E-state index contributed by atoms with van der Waals surface area (Å²) < 4.78 is 9.15. The Balaban J connectivity index is 2.63. The van der Waals surface area contributed by atoms with Crippen LogP contribution < -0.4 is 4.18 Å². The standard InChI is InChI=1S/C6H5NOS/c1-2-4-6-5(3-1)7-9-8-6/h1-4,9H. The lowest BCUT2D eigenvalue weighted by Crippen LogP contribution is -1.73. The van der Waals surface area contributed by atoms with E-state index < -0.39 is 0 Å². The Morgan fingerprint density at radius 2 is 2.22 bits per heavy atom. The molecule has 0 bridgehead atoms. The van der Waals surface area contributed by atoms with Crippen molar-refractivity contribution in [3.05, 3.63) is 24.3 Å². The third-order valence-electron chi connectivity index (χ3n) is 1.15. The summed E-state index contributed by atoms with van der Waals surface area (Å²) in [6, 6.07) is 7.75. The normalized spacial score (nSPS) is 13.8. The van der Waals surface area contributed by atoms with E-state index in [1.165, 1.54) is 0 Å². The van der Waals surface area contributed by atoms with Gasteiger partial charge in [0.1, 0.15) is 5.69 Å². The van der Waals surface area contributed by atoms with Gasteiger partial charge in [0, 0.05) is 0 Å². The number of rotatable bonds is 0. The van der Waals surface area contributed by atoms with Gasteiger partial charge >= 0.3 is 0 Å². The Labute approximate surface area is 56.8 Å². The first-order chi connectivity index (χ1) is 4.47. The van der Waals surface area contributed by atoms with Crippen molar-refractivity contribution >= 4 is 17.5 Å². The maximum Gasteiger partial charge on any atom is 0.164 e. The lowest BCUT2D eigenvalue weighted by atomic mass is 10.3. The van der Waals surface area contributed by atoms with E-state index in [-0.39, 0.29) is 0 Å². The molecule has 3 heteroatoms. The van der Waals surface area contributed by atoms with Crippen LogP contribution >= 0.6 is 0 Å². The van der Waals surface area contributed by atoms with Crippen LogP contribution in [0.4, 0.5) is 5.69 Å². The molecular formula is C6H5NOS. The number of fused-ring (bicyclic) bond motifs is 1. The summed E-state index contributed by atoms with van der Waals surface area (Å²) in [7, 11) is 0. The van der Waals surface area contributed by atoms with Crippen LogP contribution in [0.25, 0.3) is 0 Å². The molecule has 1 heterocycles. The largest absolute Gasteiger partial charge is 0.417 e. The fourth-order valence-corrected chi connectivity index (χ4v) is 1.26. The summed E-state index contributed by atoms with van der Waals surface area (Å²) in [6.07, 6.45) is 0. The fraction of sp³-hybridized carbons (Fsp3) is 0. The second kappa shape index (κ2) is 1.84. The summed E-state index contributed by atoms with van der Waals surface area (Å²) in [5.41, 5.74) is 0.958. The van der Waals surface area contributed by atoms with Gasteiger partial charge in [-0.25, -0.2) is 0 Å². The van der Waals surface area contributed by atoms with Gasteiger partial charge in [-0.15, -0.1) is 0 Å². The highest BCUT2D eigenvalue weighted by atomic mass is 32.2. The monoisotopic (exact) mass is 139 g/mol. The van der Waals surface area contributed by atoms with E-state index in [4.69, 9.17) is 4.18 Å². The predicted molar refractivity (Wildman–Crippen MR) is 37.9 cm³/mol. The van der Waals surface area contributed by atoms with Crippen molar-refractivity contribution in [1.29, 1.82) is 0 Å². The highest BCUT2D eigenvalue weighted by Crippen LogP contribution is 2.30. The number of hydrogen-bond donors (Lipinski definition) is 1. The van der Waals surface area contributed by atoms with E-state index in [9.17, 15) is 0 Å². The van der Waals surface area contributed by atoms with E-state index in [0.29, 0.717) is 11.8 Å². The molecule has 0 N–H and O–H groups in total. The number of thiol groups is 1. The Kier molecular flexibility index (Phi) is 1.02. The first-order valence-electron chi connectivity index (χ1n) is 2.64. The van der Waals surface area contributed by atoms with Crippen LogP contribution in [0.3, 0.4) is 0 Å². The van der Waals surface area contributed by atoms with Crippen LogP contribution in [0, 0.1) is 0 Å². The van der Waals surface area contributed by atoms with Crippen molar-refractivity contribution < 1.29 is 4.18 Å². The van der Waals surface area contributed by atoms with Gasteiger partial charge in [-0.3, -0.25) is 0 Å². The van der Waals surface area contributed by atoms with Gasteiger partial charge in [-0.1, -0.05) is 12.1 Å². The molecule has 46 valence electrons. The Morgan fingerprint density at radius 1 is 1.33 bits per heavy atom. The Hall–Kier alpha value is -0.830. The summed E-state index contributed by atoms with van der Waals surface area (Å²) >= 11 is 0.700. The van der Waals surface area contributed by atoms with Crippen LogP contribution in [-0.4, -0.2) is 0 Å². The fourth-order valence-electron chi connectivity index (χ4n) is 0.725. The zero-order valence-electron chi connectivity index (χ0n) is 4.61. The molecule has 2 rings (SSSR count). The minimum Gasteiger partial charge on any atom is -0.417 e. The molecule has 1 aromatic carbocycles. The highest BCUT2D eigenvalue weighted by molar-refractivity contribution is 7.63. The summed E-state index contributed by atoms with van der Waals surface area (Å²) in [5.74, 6) is 0.888. The molecule has 0 unspecified atom stereocenters. The summed E-state index contributed by atoms with van der Waals surface area (Å²) in [6.45, 7) is 0. The van der Waals surface area contributed by atoms with E-state index >= 15 is 0 Å². The number of hydrogen-bond acceptors (Lipinski definition) is 2. The minimum atomic E-state index is 0.700. The number of nitrogens with zero attached hydrogens (tertiary/aromatic N) is 1. The molecule has 0 fully saturated rings. The minimum absolute atomic E-state index is 0.700. The van der Waals surface area contributed by atoms with Gasteiger partial charge in [0.2, 0.25) is 0 Å². The molecule has 0 amide bonds. The van der Waals surface area contributed by atoms with Gasteiger partial charge in [0.25, 0.3) is 0 Å². The zero-order valence-corrected chi connectivity index (χ0v) is 5.51. The van der Waals surface area contributed by atoms with Crippen LogP contribution in [0.5, 0.6) is 5.75 Å². The van der Waals surface area contributed by atoms with E-state index in [2.05, 4.69) is 4.36 Å². The van der Waals surface area contributed by atoms with Crippen LogP contribution in [-0.2, 0) is 11.8 Å². The molecule has 0 saturated heterocycles. The second-order valence-corrected chi connectivity index (χ2v) is 2.29. The van der Waals surface area contributed by atoms with Crippen LogP contribution in [0.15, 0.2) is 28.6 Å². The molecule has 1 aliphatic rings. The molecule has 9 heavy (non-hydrogen) atoms. The average molecular weight is 139 g/mol. The van der Waals surface area contributed by atoms with Crippen LogP contribution in [0.1, 0.15) is 0 Å². The quantitative estimate of drug-likeness (QED) is 0.542. The molecule has 1 aliphatic heterocycles. The third kappa shape index (κ3) is 0.733. The molecular weight excluding hydrogens is 134 g/mol. The predicted octanol–water partition coefficient (Wildman–Crippen LogP) is 1.62. The molecule has 2 nitrogen and oxygen atoms in total. The lowest BCUT2D eigenvalue weighted by Gasteiger charge is -1.90. The second-order valence-electron chi connectivity index (χ2n) is 1.74. The first kappa shape index (κ1) is 4.99. The van der Waals surface area contributed by atoms with E-state index in [1.54, 1.807) is 0 Å². The van der Waals surface area contributed by atoms with Gasteiger partial charge in [0.15, 0.2) is 5.75 Å². The Bertz CT molecular complexity index is 259. The van der Waals surface area contributed by atoms with E-state index in [0.717, 1.165) is 11.4 Å². The molecule has 0 atom stereocenters. The summed E-state index contributed by atoms with van der Waals surface area (Å²) in [5, 5.41) is 0. The maximum atomic E-state index is 5.10. The zero-order chi connectivity index (χ0) is 6.10. The molecule has 0 radical (unpaired) electrons. The molecule has 1 aromatic rings. The molecule has 0 spiro atoms. The summed E-state index contributed by atoms with van der Waals surface area (Å²) in [4.78, 5) is 0. The van der Waals surface area contributed by atoms with Crippen molar-refractivity contribution in [2.24, 2.45) is 4.36 Å². The van der Waals surface area contributed by atoms with Crippen LogP contribution in [0.2, 0.25) is 0 Å². The highest BCUT2D eigenvalue weighted by Gasteiger charge is 2.03. The van der Waals surface area contributed by atoms with E-state index in [1.807, 2.05) is 24.3 Å². The number of para-hydroxylation sites is 2. The molecule has 0 saturated carbocycles. The van der Waals surface area contributed by atoms with Crippen molar-refractivity contribution in [2.75, 3.05) is 0 Å². The van der Waals surface area contributed by atoms with Crippen molar-refractivity contribution in [1.82, 2.24) is 0 Å². The van der Waals surface area contributed by atoms with Gasteiger partial charge in [-0.2, -0.15) is 4.36 Å². The van der Waals surface area contributed by atoms with Crippen molar-refractivity contribution in [2.45, 2.75) is 0 Å². The SMILES string of the molecule is c1ccc2c(c1)N=[SH]O2. The maximum absolute atomic E-state index is 5.10. The van der Waals surface area contributed by atoms with Gasteiger partial charge < -0.3 is 4.18 Å². The van der Waals surface area contributed by atoms with Crippen molar-refractivity contribution in [3.8, 4) is 5.75 Å². The topological polar surface area (TPSA) is 21.6 Å². The van der Waals surface area contributed by atoms with Crippen molar-refractivity contribution in [3.63, 3.8) is 0 Å². The first-order valence-corrected chi connectivity index (χ1v) is 3.40. The molecule has 0 aliphatic carbocycles. The average Bonchev–Trinajstić information content (AvgIpc) is 2.33. The lowest BCUT2D eigenvalue weighted by molar-refractivity contribution is 0.662. The third-order valence-corrected chi connectivity index (χ3v) is 1.73. The van der Waals surface area contributed by atoms with Gasteiger partial charge in [-0.05, 0) is 12.1 Å². The Morgan fingerprint density at radius 3 is 3.11 bits per heavy atom. The van der Waals surface area contributed by atoms with Gasteiger partial charge in [0.05, 0.1) is 11.8 Å². The number of benzene rings is 1. The molecule has 0 aromatic heterocycles.